The van der Waals surface area contributed by atoms with Gasteiger partial charge in [0.1, 0.15) is 0 Å². The van der Waals surface area contributed by atoms with E-state index in [9.17, 15) is 19.5 Å². The fourth-order valence-corrected chi connectivity index (χ4v) is 9.67. The quantitative estimate of drug-likeness (QED) is 0.170. The normalized spacial score (nSPS) is 19.3. The zero-order chi connectivity index (χ0) is 38.4. The molecule has 0 aromatic heterocycles. The average Bonchev–Trinajstić information content (AvgIpc) is 3.99. The molecule has 0 amide bonds. The number of carboxylic acid groups (broad SMARTS) is 1. The first kappa shape index (κ1) is 40.8. The van der Waals surface area contributed by atoms with Gasteiger partial charge in [-0.1, -0.05) is 151 Å². The maximum absolute atomic E-state index is 13.8. The van der Waals surface area contributed by atoms with Gasteiger partial charge >= 0.3 is 35.5 Å². The molecule has 5 nitrogen and oxygen atoms in total. The number of carboxylic acids is 1. The van der Waals surface area contributed by atoms with Crippen molar-refractivity contribution in [3.8, 4) is 0 Å². The van der Waals surface area contributed by atoms with E-state index in [4.69, 9.17) is 0 Å². The van der Waals surface area contributed by atoms with Gasteiger partial charge in [0.25, 0.3) is 0 Å². The molecule has 282 valence electrons. The van der Waals surface area contributed by atoms with Crippen molar-refractivity contribution in [2.24, 2.45) is 10.8 Å². The summed E-state index contributed by atoms with van der Waals surface area (Å²) in [5.74, 6) is -0.497. The van der Waals surface area contributed by atoms with Crippen LogP contribution in [0.15, 0.2) is 158 Å². The predicted octanol–water partition coefficient (Wildman–Crippen LogP) is 7.42. The summed E-state index contributed by atoms with van der Waals surface area (Å²) >= 11 is 0. The Morgan fingerprint density at radius 2 is 0.879 bits per heavy atom. The number of rotatable bonds is 7. The molecule has 0 saturated heterocycles. The fourth-order valence-electron chi connectivity index (χ4n) is 9.67. The maximum Gasteiger partial charge on any atom is 1.00 e. The Balaban J connectivity index is 0.000000171. The van der Waals surface area contributed by atoms with Gasteiger partial charge in [0.2, 0.25) is 0 Å². The molecule has 6 aromatic rings. The molecular formula is C52H43NaO5. The topological polar surface area (TPSA) is 101 Å². The van der Waals surface area contributed by atoms with Crippen LogP contribution in [0.5, 0.6) is 0 Å². The van der Waals surface area contributed by atoms with Crippen molar-refractivity contribution in [1.29, 1.82) is 0 Å². The van der Waals surface area contributed by atoms with Gasteiger partial charge in [-0.15, -0.1) is 0 Å². The predicted molar refractivity (Wildman–Crippen MR) is 224 cm³/mol. The van der Waals surface area contributed by atoms with Gasteiger partial charge < -0.3 is 10.6 Å². The molecule has 0 spiro atoms. The standard InChI is InChI=1S/C26H20O3.C26H22O.Na.H2O/c27-24-22-8-4-2-6-20(22)16-26(24,15-17-9-11-19(12-10-17)25(28)29)23-14-13-18-5-1-3-7-21(18)23;1-18-10-12-19(13-11-18)16-26(17-21-7-3-5-9-23(21)25(26)27)24-15-14-20-6-2-4-8-22(20)24;;/h1-12,14H,13,15-16H2,(H,28,29);2-13,15H,14,16-17H2,1H3;;1H2/q;;+1;/p-1. The molecule has 2 unspecified atom stereocenters. The molecule has 4 aliphatic rings. The first-order chi connectivity index (χ1) is 27.3. The number of aromatic carboxylic acids is 1. The molecule has 0 fully saturated rings. The number of fused-ring (bicyclic) bond motifs is 4. The number of hydrogen-bond acceptors (Lipinski definition) is 4. The molecule has 10 rings (SSSR count). The Morgan fingerprint density at radius 3 is 1.28 bits per heavy atom. The van der Waals surface area contributed by atoms with Crippen LogP contribution in [0.3, 0.4) is 0 Å². The van der Waals surface area contributed by atoms with Crippen LogP contribution in [-0.4, -0.2) is 28.1 Å². The summed E-state index contributed by atoms with van der Waals surface area (Å²) in [6.07, 6.45) is 9.03. The molecule has 6 aromatic carbocycles. The molecule has 6 heteroatoms. The molecule has 58 heavy (non-hydrogen) atoms. The first-order valence-electron chi connectivity index (χ1n) is 19.5. The van der Waals surface area contributed by atoms with Gasteiger partial charge in [-0.2, -0.15) is 0 Å². The summed E-state index contributed by atoms with van der Waals surface area (Å²) in [4.78, 5) is 38.7. The Kier molecular flexibility index (Phi) is 11.6. The summed E-state index contributed by atoms with van der Waals surface area (Å²) in [6.45, 7) is 2.10. The van der Waals surface area contributed by atoms with E-state index in [0.717, 1.165) is 59.1 Å². The van der Waals surface area contributed by atoms with Crippen molar-refractivity contribution in [2.45, 2.75) is 45.4 Å². The van der Waals surface area contributed by atoms with Crippen molar-refractivity contribution in [3.63, 3.8) is 0 Å². The van der Waals surface area contributed by atoms with Crippen LogP contribution in [0, 0.1) is 17.8 Å². The maximum atomic E-state index is 13.8. The van der Waals surface area contributed by atoms with E-state index in [2.05, 4.69) is 85.8 Å². The number of carbonyl (C=O) groups is 3. The number of allylic oxidation sites excluding steroid dienone is 4. The number of aryl methyl sites for hydroxylation is 1. The first-order valence-corrected chi connectivity index (χ1v) is 19.5. The van der Waals surface area contributed by atoms with Crippen LogP contribution in [0.1, 0.15) is 81.1 Å². The summed E-state index contributed by atoms with van der Waals surface area (Å²) < 4.78 is 0. The largest absolute Gasteiger partial charge is 1.00 e. The van der Waals surface area contributed by atoms with Gasteiger partial charge in [0, 0.05) is 11.1 Å². The molecular weight excluding hydrogens is 728 g/mol. The minimum Gasteiger partial charge on any atom is -0.870 e. The number of hydrogen-bond donors (Lipinski definition) is 1. The molecule has 0 heterocycles. The van der Waals surface area contributed by atoms with Gasteiger partial charge in [-0.3, -0.25) is 9.59 Å². The molecule has 0 aliphatic heterocycles. The molecule has 0 radical (unpaired) electrons. The van der Waals surface area contributed by atoms with Crippen LogP contribution in [0.2, 0.25) is 0 Å². The number of Topliss-reactive ketones (excluding diaryl/α,β-unsaturated/α-hetero) is 2. The zero-order valence-electron chi connectivity index (χ0n) is 32.9. The molecule has 0 bridgehead atoms. The van der Waals surface area contributed by atoms with E-state index in [1.807, 2.05) is 66.7 Å². The van der Waals surface area contributed by atoms with Gasteiger partial charge in [0.15, 0.2) is 11.6 Å². The van der Waals surface area contributed by atoms with Gasteiger partial charge in [0.05, 0.1) is 16.4 Å². The summed E-state index contributed by atoms with van der Waals surface area (Å²) in [5.41, 5.74) is 13.9. The average molecular weight is 771 g/mol. The fraction of sp³-hybridized carbons (Fsp3) is 0.173. The van der Waals surface area contributed by atoms with Crippen molar-refractivity contribution < 1.29 is 54.5 Å². The molecule has 2 N–H and O–H groups in total. The smallest absolute Gasteiger partial charge is 0.870 e. The Bertz CT molecular complexity index is 2620. The third kappa shape index (κ3) is 7.07. The number of carbonyl (C=O) groups excluding carboxylic acids is 2. The van der Waals surface area contributed by atoms with Crippen LogP contribution < -0.4 is 29.6 Å². The second-order valence-electron chi connectivity index (χ2n) is 15.8. The monoisotopic (exact) mass is 770 g/mol. The summed E-state index contributed by atoms with van der Waals surface area (Å²) in [5, 5.41) is 9.19. The van der Waals surface area contributed by atoms with Gasteiger partial charge in [-0.25, -0.2) is 4.79 Å². The van der Waals surface area contributed by atoms with E-state index in [-0.39, 0.29) is 52.2 Å². The van der Waals surface area contributed by atoms with Crippen LogP contribution >= 0.6 is 0 Å². The van der Waals surface area contributed by atoms with Crippen molar-refractivity contribution >= 4 is 28.7 Å². The van der Waals surface area contributed by atoms with Crippen molar-refractivity contribution in [1.82, 2.24) is 0 Å². The van der Waals surface area contributed by atoms with E-state index in [1.54, 1.807) is 12.1 Å². The number of benzene rings is 6. The van der Waals surface area contributed by atoms with Crippen LogP contribution in [0.25, 0.3) is 11.1 Å². The second-order valence-corrected chi connectivity index (χ2v) is 15.8. The van der Waals surface area contributed by atoms with E-state index < -0.39 is 16.8 Å². The van der Waals surface area contributed by atoms with E-state index in [0.29, 0.717) is 12.8 Å². The molecule has 4 aliphatic carbocycles. The zero-order valence-corrected chi connectivity index (χ0v) is 34.9. The minimum atomic E-state index is -0.942. The molecule has 2 atom stereocenters. The van der Waals surface area contributed by atoms with Crippen molar-refractivity contribution in [2.75, 3.05) is 0 Å². The third-order valence-corrected chi connectivity index (χ3v) is 12.4. The Hall–Kier alpha value is -5.43. The minimum absolute atomic E-state index is 0. The summed E-state index contributed by atoms with van der Waals surface area (Å²) in [6, 6.07) is 48.4. The van der Waals surface area contributed by atoms with Crippen molar-refractivity contribution in [3.05, 3.63) is 225 Å². The van der Waals surface area contributed by atoms with Gasteiger partial charge in [-0.05, 0) is 113 Å². The van der Waals surface area contributed by atoms with E-state index in [1.165, 1.54) is 39.0 Å². The second kappa shape index (κ2) is 16.4. The number of ketones is 2. The van der Waals surface area contributed by atoms with Crippen LogP contribution in [0.4, 0.5) is 0 Å². The molecule has 0 saturated carbocycles. The Labute approximate surface area is 361 Å². The third-order valence-electron chi connectivity index (χ3n) is 12.4. The SMILES string of the molecule is Cc1ccc(CC2(C3=CCc4ccccc43)Cc3ccccc3C2=O)cc1.O=C(O)c1ccc(CC2(C3=CCc4ccccc43)Cc3ccccc3C2=O)cc1.[Na+].[OH-]. The van der Waals surface area contributed by atoms with E-state index >= 15 is 0 Å². The summed E-state index contributed by atoms with van der Waals surface area (Å²) in [7, 11) is 0. The Morgan fingerprint density at radius 1 is 0.517 bits per heavy atom. The van der Waals surface area contributed by atoms with Crippen LogP contribution in [-0.2, 0) is 38.5 Å².